The molecule has 33 heavy (non-hydrogen) atoms. The number of hydrogen-bond donors (Lipinski definition) is 3. The summed E-state index contributed by atoms with van der Waals surface area (Å²) >= 11 is 0. The molecule has 1 amide bonds. The van der Waals surface area contributed by atoms with Gasteiger partial charge >= 0.3 is 5.97 Å². The van der Waals surface area contributed by atoms with Crippen LogP contribution >= 0.6 is 0 Å². The van der Waals surface area contributed by atoms with Gasteiger partial charge in [0, 0.05) is 72.6 Å². The Hall–Kier alpha value is -3.17. The Labute approximate surface area is 192 Å². The molecule has 0 saturated carbocycles. The molecule has 1 unspecified atom stereocenters. The van der Waals surface area contributed by atoms with Gasteiger partial charge in [0.05, 0.1) is 5.69 Å². The highest BCUT2D eigenvalue weighted by atomic mass is 16.5. The predicted octanol–water partition coefficient (Wildman–Crippen LogP) is 3.31. The number of benzene rings is 1. The van der Waals surface area contributed by atoms with Crippen LogP contribution in [0.4, 0.5) is 5.69 Å². The SMILES string of the molecule is Cc1noc(C)c1CN1CCN(C(C(=O)O)c2c[nH]c3cc(NC(=O)C(C)C)ccc23)CC1. The molecule has 1 aliphatic heterocycles. The van der Waals surface area contributed by atoms with E-state index in [0.717, 1.165) is 53.1 Å². The van der Waals surface area contributed by atoms with Gasteiger partial charge in [0.2, 0.25) is 5.91 Å². The third-order valence-corrected chi connectivity index (χ3v) is 6.37. The summed E-state index contributed by atoms with van der Waals surface area (Å²) in [6.07, 6.45) is 1.77. The Morgan fingerprint density at radius 3 is 2.55 bits per heavy atom. The molecule has 3 heterocycles. The summed E-state index contributed by atoms with van der Waals surface area (Å²) in [6, 6.07) is 4.80. The lowest BCUT2D eigenvalue weighted by Crippen LogP contribution is -2.48. The number of aromatic nitrogens is 2. The van der Waals surface area contributed by atoms with E-state index in [1.165, 1.54) is 0 Å². The number of nitrogens with one attached hydrogen (secondary N) is 2. The van der Waals surface area contributed by atoms with Crippen molar-refractivity contribution in [3.63, 3.8) is 0 Å². The first-order valence-electron chi connectivity index (χ1n) is 11.3. The number of aryl methyl sites for hydroxylation is 2. The number of rotatable bonds is 7. The molecule has 4 rings (SSSR count). The Balaban J connectivity index is 1.49. The fourth-order valence-corrected chi connectivity index (χ4v) is 4.36. The van der Waals surface area contributed by atoms with Crippen molar-refractivity contribution in [2.24, 2.45) is 5.92 Å². The van der Waals surface area contributed by atoms with Crippen molar-refractivity contribution in [2.75, 3.05) is 31.5 Å². The first-order valence-corrected chi connectivity index (χ1v) is 11.3. The molecule has 2 aromatic heterocycles. The van der Waals surface area contributed by atoms with E-state index in [2.05, 4.69) is 20.4 Å². The third-order valence-electron chi connectivity index (χ3n) is 6.37. The number of carboxylic acids is 1. The summed E-state index contributed by atoms with van der Waals surface area (Å²) in [5, 5.41) is 17.9. The number of H-pyrrole nitrogens is 1. The van der Waals surface area contributed by atoms with Crippen LogP contribution in [-0.2, 0) is 16.1 Å². The molecule has 1 aliphatic rings. The van der Waals surface area contributed by atoms with Crippen LogP contribution in [0.3, 0.4) is 0 Å². The van der Waals surface area contributed by atoms with Crippen LogP contribution < -0.4 is 5.32 Å². The number of carbonyl (C=O) groups excluding carboxylic acids is 1. The normalized spacial score (nSPS) is 16.4. The number of hydrogen-bond acceptors (Lipinski definition) is 6. The number of piperazine rings is 1. The second-order valence-corrected chi connectivity index (χ2v) is 9.00. The van der Waals surface area contributed by atoms with Crippen molar-refractivity contribution >= 4 is 28.5 Å². The lowest BCUT2D eigenvalue weighted by atomic mass is 10.0. The molecule has 1 saturated heterocycles. The Morgan fingerprint density at radius 1 is 1.21 bits per heavy atom. The van der Waals surface area contributed by atoms with Gasteiger partial charge in [-0.05, 0) is 26.0 Å². The van der Waals surface area contributed by atoms with E-state index >= 15 is 0 Å². The minimum atomic E-state index is -0.868. The molecule has 3 aromatic rings. The molecule has 176 valence electrons. The van der Waals surface area contributed by atoms with E-state index < -0.39 is 12.0 Å². The monoisotopic (exact) mass is 453 g/mol. The van der Waals surface area contributed by atoms with Crippen LogP contribution in [0.1, 0.15) is 42.5 Å². The van der Waals surface area contributed by atoms with Gasteiger partial charge in [-0.2, -0.15) is 0 Å². The largest absolute Gasteiger partial charge is 0.480 e. The fourth-order valence-electron chi connectivity index (χ4n) is 4.36. The molecule has 1 atom stereocenters. The maximum Gasteiger partial charge on any atom is 0.325 e. The van der Waals surface area contributed by atoms with E-state index in [1.54, 1.807) is 6.20 Å². The first kappa shape index (κ1) is 23.0. The number of carboxylic acid groups (broad SMARTS) is 1. The highest BCUT2D eigenvalue weighted by Crippen LogP contribution is 2.31. The lowest BCUT2D eigenvalue weighted by Gasteiger charge is -2.37. The second-order valence-electron chi connectivity index (χ2n) is 9.00. The average molecular weight is 454 g/mol. The van der Waals surface area contributed by atoms with Crippen molar-refractivity contribution < 1.29 is 19.2 Å². The van der Waals surface area contributed by atoms with E-state index in [-0.39, 0.29) is 11.8 Å². The molecule has 9 heteroatoms. The molecule has 3 N–H and O–H groups in total. The summed E-state index contributed by atoms with van der Waals surface area (Å²) in [7, 11) is 0. The second kappa shape index (κ2) is 9.36. The smallest absolute Gasteiger partial charge is 0.325 e. The van der Waals surface area contributed by atoms with E-state index in [1.807, 2.05) is 50.8 Å². The van der Waals surface area contributed by atoms with Crippen molar-refractivity contribution in [1.29, 1.82) is 0 Å². The van der Waals surface area contributed by atoms with Crippen LogP contribution in [0.25, 0.3) is 10.9 Å². The summed E-state index contributed by atoms with van der Waals surface area (Å²) in [6.45, 7) is 11.1. The first-order chi connectivity index (χ1) is 15.7. The molecule has 1 aromatic carbocycles. The summed E-state index contributed by atoms with van der Waals surface area (Å²) in [4.78, 5) is 31.8. The minimum absolute atomic E-state index is 0.0565. The number of aromatic amines is 1. The Morgan fingerprint density at radius 2 is 1.94 bits per heavy atom. The molecule has 0 aliphatic carbocycles. The highest BCUT2D eigenvalue weighted by Gasteiger charge is 2.32. The molecular formula is C24H31N5O4. The molecule has 0 spiro atoms. The summed E-state index contributed by atoms with van der Waals surface area (Å²) < 4.78 is 5.27. The van der Waals surface area contributed by atoms with E-state index in [4.69, 9.17) is 4.52 Å². The summed E-state index contributed by atoms with van der Waals surface area (Å²) in [5.74, 6) is -0.208. The van der Waals surface area contributed by atoms with E-state index in [0.29, 0.717) is 18.8 Å². The van der Waals surface area contributed by atoms with Crippen LogP contribution in [0.15, 0.2) is 28.9 Å². The quantitative estimate of drug-likeness (QED) is 0.503. The molecular weight excluding hydrogens is 422 g/mol. The number of aliphatic carboxylic acids is 1. The minimum Gasteiger partial charge on any atom is -0.480 e. The zero-order valence-electron chi connectivity index (χ0n) is 19.5. The van der Waals surface area contributed by atoms with Crippen molar-refractivity contribution in [3.8, 4) is 0 Å². The van der Waals surface area contributed by atoms with Crippen molar-refractivity contribution in [2.45, 2.75) is 40.3 Å². The Kier molecular flexibility index (Phi) is 6.53. The predicted molar refractivity (Wildman–Crippen MR) is 125 cm³/mol. The maximum absolute atomic E-state index is 12.3. The van der Waals surface area contributed by atoms with Crippen molar-refractivity contribution in [3.05, 3.63) is 47.0 Å². The number of carbonyl (C=O) groups is 2. The standard InChI is InChI=1S/C24H31N5O4/c1-14(2)23(30)26-17-5-6-18-19(12-25-21(18)11-17)22(24(31)32)29-9-7-28(8-10-29)13-20-15(3)27-33-16(20)4/h5-6,11-12,14,22,25H,7-10,13H2,1-4H3,(H,26,30)(H,31,32). The molecule has 9 nitrogen and oxygen atoms in total. The third kappa shape index (κ3) is 4.79. The zero-order chi connectivity index (χ0) is 23.7. The molecule has 0 bridgehead atoms. The number of amides is 1. The topological polar surface area (TPSA) is 115 Å². The van der Waals surface area contributed by atoms with Gasteiger partial charge in [0.25, 0.3) is 0 Å². The van der Waals surface area contributed by atoms with Crippen LogP contribution in [0, 0.1) is 19.8 Å². The molecule has 0 radical (unpaired) electrons. The molecule has 1 fully saturated rings. The number of anilines is 1. The Bertz CT molecular complexity index is 1140. The van der Waals surface area contributed by atoms with Gasteiger partial charge in [-0.15, -0.1) is 0 Å². The van der Waals surface area contributed by atoms with Crippen LogP contribution in [0.2, 0.25) is 0 Å². The highest BCUT2D eigenvalue weighted by molar-refractivity contribution is 5.96. The maximum atomic E-state index is 12.3. The van der Waals surface area contributed by atoms with Gasteiger partial charge in [0.15, 0.2) is 0 Å². The number of nitrogens with zero attached hydrogens (tertiary/aromatic N) is 3. The zero-order valence-corrected chi connectivity index (χ0v) is 19.5. The summed E-state index contributed by atoms with van der Waals surface area (Å²) in [5.41, 5.74) is 4.24. The van der Waals surface area contributed by atoms with Gasteiger partial charge < -0.3 is 19.9 Å². The van der Waals surface area contributed by atoms with E-state index in [9.17, 15) is 14.7 Å². The average Bonchev–Trinajstić information content (AvgIpc) is 3.32. The number of fused-ring (bicyclic) bond motifs is 1. The lowest BCUT2D eigenvalue weighted by molar-refractivity contribution is -0.144. The van der Waals surface area contributed by atoms with Gasteiger partial charge in [-0.1, -0.05) is 25.1 Å². The van der Waals surface area contributed by atoms with Gasteiger partial charge in [-0.3, -0.25) is 19.4 Å². The van der Waals surface area contributed by atoms with Gasteiger partial charge in [-0.25, -0.2) is 0 Å². The van der Waals surface area contributed by atoms with Crippen LogP contribution in [-0.4, -0.2) is 63.1 Å². The van der Waals surface area contributed by atoms with Gasteiger partial charge in [0.1, 0.15) is 11.8 Å². The fraction of sp³-hybridized carbons (Fsp3) is 0.458. The van der Waals surface area contributed by atoms with Crippen molar-refractivity contribution in [1.82, 2.24) is 19.9 Å². The van der Waals surface area contributed by atoms with Crippen LogP contribution in [0.5, 0.6) is 0 Å².